The highest BCUT2D eigenvalue weighted by molar-refractivity contribution is 5.94. The van der Waals surface area contributed by atoms with Crippen molar-refractivity contribution in [3.8, 4) is 17.2 Å². The lowest BCUT2D eigenvalue weighted by Gasteiger charge is -2.11. The standard InChI is InChI=1S/C21H22N4O4/c1-28-19-11-16(7-8-18(19)29-14-20(22)26)21(27)23-10-9-15-12-24-25(13-15)17-5-3-2-4-6-17/h2-8,11-13H,9-10,14H2,1H3,(H2,22,26)(H,23,27). The molecule has 0 bridgehead atoms. The summed E-state index contributed by atoms with van der Waals surface area (Å²) in [5, 5.41) is 7.22. The van der Waals surface area contributed by atoms with Crippen LogP contribution in [0.4, 0.5) is 0 Å². The number of nitrogens with two attached hydrogens (primary N) is 1. The maximum Gasteiger partial charge on any atom is 0.255 e. The van der Waals surface area contributed by atoms with Crippen LogP contribution in [-0.2, 0) is 11.2 Å². The van der Waals surface area contributed by atoms with E-state index in [9.17, 15) is 9.59 Å². The fourth-order valence-electron chi connectivity index (χ4n) is 2.71. The Morgan fingerprint density at radius 3 is 2.66 bits per heavy atom. The number of carbonyl (C=O) groups is 2. The van der Waals surface area contributed by atoms with Gasteiger partial charge in [-0.3, -0.25) is 9.59 Å². The molecule has 1 heterocycles. The van der Waals surface area contributed by atoms with Gasteiger partial charge in [-0.05, 0) is 42.3 Å². The van der Waals surface area contributed by atoms with Crippen molar-refractivity contribution in [3.63, 3.8) is 0 Å². The first-order valence-electron chi connectivity index (χ1n) is 9.03. The number of hydrogen-bond acceptors (Lipinski definition) is 5. The number of hydrogen-bond donors (Lipinski definition) is 2. The van der Waals surface area contributed by atoms with Crippen LogP contribution in [0.5, 0.6) is 11.5 Å². The lowest BCUT2D eigenvalue weighted by molar-refractivity contribution is -0.119. The summed E-state index contributed by atoms with van der Waals surface area (Å²) in [6.07, 6.45) is 4.37. The molecule has 0 unspecified atom stereocenters. The van der Waals surface area contributed by atoms with Crippen LogP contribution in [-0.4, -0.2) is 41.9 Å². The number of nitrogens with one attached hydrogen (secondary N) is 1. The molecule has 0 saturated heterocycles. The Hall–Kier alpha value is -3.81. The quantitative estimate of drug-likeness (QED) is 0.574. The molecule has 1 aromatic heterocycles. The van der Waals surface area contributed by atoms with Crippen LogP contribution < -0.4 is 20.5 Å². The van der Waals surface area contributed by atoms with Crippen LogP contribution in [0.1, 0.15) is 15.9 Å². The van der Waals surface area contributed by atoms with Crippen LogP contribution in [0.25, 0.3) is 5.69 Å². The summed E-state index contributed by atoms with van der Waals surface area (Å²) in [7, 11) is 1.46. The van der Waals surface area contributed by atoms with Crippen LogP contribution in [0, 0.1) is 0 Å². The Balaban J connectivity index is 1.55. The smallest absolute Gasteiger partial charge is 0.255 e. The first kappa shape index (κ1) is 19.9. The Kier molecular flexibility index (Phi) is 6.47. The molecule has 3 N–H and O–H groups in total. The third-order valence-electron chi connectivity index (χ3n) is 4.15. The molecular formula is C21H22N4O4. The van der Waals surface area contributed by atoms with Gasteiger partial charge in [0.15, 0.2) is 18.1 Å². The van der Waals surface area contributed by atoms with E-state index in [1.807, 2.05) is 36.5 Å². The van der Waals surface area contributed by atoms with Gasteiger partial charge in [0, 0.05) is 18.3 Å². The summed E-state index contributed by atoms with van der Waals surface area (Å²) in [4.78, 5) is 23.3. The molecule has 8 heteroatoms. The lowest BCUT2D eigenvalue weighted by atomic mass is 10.2. The van der Waals surface area contributed by atoms with E-state index < -0.39 is 5.91 Å². The first-order valence-corrected chi connectivity index (χ1v) is 9.03. The van der Waals surface area contributed by atoms with Gasteiger partial charge in [-0.1, -0.05) is 18.2 Å². The third-order valence-corrected chi connectivity index (χ3v) is 4.15. The van der Waals surface area contributed by atoms with E-state index in [4.69, 9.17) is 15.2 Å². The second-order valence-electron chi connectivity index (χ2n) is 6.26. The van der Waals surface area contributed by atoms with Crippen molar-refractivity contribution in [2.75, 3.05) is 20.3 Å². The monoisotopic (exact) mass is 394 g/mol. The number of aromatic nitrogens is 2. The molecule has 0 atom stereocenters. The van der Waals surface area contributed by atoms with Gasteiger partial charge >= 0.3 is 0 Å². The van der Waals surface area contributed by atoms with E-state index in [-0.39, 0.29) is 12.5 Å². The van der Waals surface area contributed by atoms with Crippen LogP contribution >= 0.6 is 0 Å². The summed E-state index contributed by atoms with van der Waals surface area (Å²) in [6.45, 7) is 0.195. The molecule has 2 aromatic carbocycles. The molecule has 3 aromatic rings. The zero-order valence-corrected chi connectivity index (χ0v) is 16.0. The van der Waals surface area contributed by atoms with Crippen molar-refractivity contribution in [1.82, 2.24) is 15.1 Å². The van der Waals surface area contributed by atoms with Gasteiger partial charge in [0.2, 0.25) is 0 Å². The highest BCUT2D eigenvalue weighted by atomic mass is 16.5. The van der Waals surface area contributed by atoms with E-state index in [1.165, 1.54) is 7.11 Å². The van der Waals surface area contributed by atoms with E-state index in [0.29, 0.717) is 30.0 Å². The number of para-hydroxylation sites is 1. The van der Waals surface area contributed by atoms with Crippen molar-refractivity contribution in [1.29, 1.82) is 0 Å². The van der Waals surface area contributed by atoms with Gasteiger partial charge in [-0.2, -0.15) is 5.10 Å². The second kappa shape index (κ2) is 9.41. The zero-order valence-electron chi connectivity index (χ0n) is 16.0. The fraction of sp³-hybridized carbons (Fsp3) is 0.190. The summed E-state index contributed by atoms with van der Waals surface area (Å²) in [5.41, 5.74) is 7.49. The fourth-order valence-corrected chi connectivity index (χ4v) is 2.71. The van der Waals surface area contributed by atoms with Gasteiger partial charge in [0.05, 0.1) is 19.0 Å². The van der Waals surface area contributed by atoms with Crippen LogP contribution in [0.3, 0.4) is 0 Å². The Morgan fingerprint density at radius 1 is 1.14 bits per heavy atom. The van der Waals surface area contributed by atoms with Crippen molar-refractivity contribution < 1.29 is 19.1 Å². The predicted octanol–water partition coefficient (Wildman–Crippen LogP) is 1.72. The topological polar surface area (TPSA) is 108 Å². The SMILES string of the molecule is COc1cc(C(=O)NCCc2cnn(-c3ccccc3)c2)ccc1OCC(N)=O. The van der Waals surface area contributed by atoms with Crippen molar-refractivity contribution in [2.24, 2.45) is 5.73 Å². The molecule has 0 aliphatic heterocycles. The summed E-state index contributed by atoms with van der Waals surface area (Å²) in [5.74, 6) is -0.135. The largest absolute Gasteiger partial charge is 0.493 e. The van der Waals surface area contributed by atoms with E-state index in [0.717, 1.165) is 11.3 Å². The molecule has 0 radical (unpaired) electrons. The molecule has 8 nitrogen and oxygen atoms in total. The molecule has 0 aliphatic rings. The second-order valence-corrected chi connectivity index (χ2v) is 6.26. The van der Waals surface area contributed by atoms with Gasteiger partial charge in [0.25, 0.3) is 11.8 Å². The van der Waals surface area contributed by atoms with Gasteiger partial charge in [-0.15, -0.1) is 0 Å². The van der Waals surface area contributed by atoms with E-state index in [1.54, 1.807) is 29.1 Å². The summed E-state index contributed by atoms with van der Waals surface area (Å²) < 4.78 is 12.3. The molecule has 0 fully saturated rings. The highest BCUT2D eigenvalue weighted by Crippen LogP contribution is 2.28. The number of methoxy groups -OCH3 is 1. The Labute approximate surface area is 168 Å². The minimum atomic E-state index is -0.593. The molecular weight excluding hydrogens is 372 g/mol. The number of nitrogens with zero attached hydrogens (tertiary/aromatic N) is 2. The zero-order chi connectivity index (χ0) is 20.6. The number of primary amides is 1. The maximum absolute atomic E-state index is 12.4. The average Bonchev–Trinajstić information content (AvgIpc) is 3.21. The number of carbonyl (C=O) groups excluding carboxylic acids is 2. The first-order chi connectivity index (χ1) is 14.1. The number of rotatable bonds is 9. The Morgan fingerprint density at radius 2 is 1.93 bits per heavy atom. The average molecular weight is 394 g/mol. The molecule has 3 rings (SSSR count). The molecule has 0 spiro atoms. The molecule has 2 amide bonds. The lowest BCUT2D eigenvalue weighted by Crippen LogP contribution is -2.25. The van der Waals surface area contributed by atoms with Crippen LogP contribution in [0.15, 0.2) is 60.9 Å². The third kappa shape index (κ3) is 5.35. The minimum Gasteiger partial charge on any atom is -0.493 e. The molecule has 0 aliphatic carbocycles. The van der Waals surface area contributed by atoms with Crippen molar-refractivity contribution in [3.05, 3.63) is 72.1 Å². The minimum absolute atomic E-state index is 0.236. The molecule has 29 heavy (non-hydrogen) atoms. The maximum atomic E-state index is 12.4. The molecule has 150 valence electrons. The number of amides is 2. The van der Waals surface area contributed by atoms with Gasteiger partial charge < -0.3 is 20.5 Å². The summed E-state index contributed by atoms with van der Waals surface area (Å²) >= 11 is 0. The normalized spacial score (nSPS) is 10.4. The summed E-state index contributed by atoms with van der Waals surface area (Å²) in [6, 6.07) is 14.5. The number of benzene rings is 2. The predicted molar refractivity (Wildman–Crippen MR) is 107 cm³/mol. The van der Waals surface area contributed by atoms with E-state index in [2.05, 4.69) is 10.4 Å². The molecule has 0 saturated carbocycles. The van der Waals surface area contributed by atoms with Crippen molar-refractivity contribution in [2.45, 2.75) is 6.42 Å². The highest BCUT2D eigenvalue weighted by Gasteiger charge is 2.12. The Bertz CT molecular complexity index is 985. The van der Waals surface area contributed by atoms with Crippen molar-refractivity contribution >= 4 is 11.8 Å². The van der Waals surface area contributed by atoms with Gasteiger partial charge in [-0.25, -0.2) is 4.68 Å². The van der Waals surface area contributed by atoms with Gasteiger partial charge in [0.1, 0.15) is 0 Å². The van der Waals surface area contributed by atoms with Crippen LogP contribution in [0.2, 0.25) is 0 Å². The number of ether oxygens (including phenoxy) is 2. The van der Waals surface area contributed by atoms with E-state index >= 15 is 0 Å².